The van der Waals surface area contributed by atoms with Gasteiger partial charge in [-0.1, -0.05) is 63.9 Å². The molecule has 15 rings (SSSR count). The first kappa shape index (κ1) is 91.9. The third-order valence-electron chi connectivity index (χ3n) is 17.9. The smallest absolute Gasteiger partial charge is 0.403 e. The number of phosphoric ester groups is 6. The molecule has 3 aliphatic heterocycles. The van der Waals surface area contributed by atoms with E-state index in [0.29, 0.717) is 29.7 Å². The van der Waals surface area contributed by atoms with Crippen molar-refractivity contribution in [3.63, 3.8) is 0 Å². The second kappa shape index (κ2) is 35.5. The van der Waals surface area contributed by atoms with Crippen LogP contribution in [0.25, 0.3) is 65.8 Å². The summed E-state index contributed by atoms with van der Waals surface area (Å²) in [4.78, 5) is 116. The first-order chi connectivity index (χ1) is 58.3. The quantitative estimate of drug-likeness (QED) is 0.0132. The molecule has 3 saturated heterocycles. The second-order valence-electron chi connectivity index (χ2n) is 26.2. The molecule has 12 aromatic rings. The monoisotopic (exact) mass is 2100 g/mol. The standard InChI is InChI=1S/C60H59BrClIN15O37P9/c61-31-10-13-34-28(16-31)4-1-7-37(34)105-118(87,88)112-121(93,94)114-123(97,100-19-40-46(79)48(81)58(102-40)76-25-73-43-52(64)67-22-70-55(43)76)108-50-42(21-99-116(83,84)110-120(91,92)111-117(85,86)106-38-8-2-5-29-17-32(62)11-14-35(29)38)104-60(78-27-75-45-54(66)69-24-72-57(45)78)51(50)109-124(98,101-20-41-47(80)49(82)59(103-41)77-26-74-44-53(65)68-23-71-56(44)77)115-122(95,96)113-119(89,90)107-39-9-3-6-30-18-33(63)12-15-36(30)39/h1-18,22-27,40-42,46-51,58-60,79-82H,19-21H2,(H,83,84)(H,85,86)(H,87,88)(H,89,90)(H,91,92)(H,93,94)(H,95,96)(H2,64,67,70)(H2,65,68,71)(H2,66,69,72)/t40-,41-,42-,46-,47-,48-,49-,50-,51-,58-,59-,60-,123?,124?/m1/s1. The molecule has 0 amide bonds. The van der Waals surface area contributed by atoms with Crippen molar-refractivity contribution in [2.45, 2.75) is 73.6 Å². The van der Waals surface area contributed by atoms with Gasteiger partial charge >= 0.3 is 70.4 Å². The topological polar surface area (TPSA) is 742 Å². The van der Waals surface area contributed by atoms with Gasteiger partial charge in [-0.3, -0.25) is 51.0 Å². The number of nitrogens with zero attached hydrogens (tertiary/aromatic N) is 12. The van der Waals surface area contributed by atoms with Crippen molar-refractivity contribution in [2.75, 3.05) is 37.0 Å². The second-order valence-corrected chi connectivity index (χ2v) is 42.8. The highest BCUT2D eigenvalue weighted by Crippen LogP contribution is 2.74. The van der Waals surface area contributed by atoms with Gasteiger partial charge in [-0.05, 0) is 112 Å². The van der Waals surface area contributed by atoms with Gasteiger partial charge in [0, 0.05) is 29.2 Å². The zero-order chi connectivity index (χ0) is 88.8. The zero-order valence-electron chi connectivity index (χ0n) is 61.2. The van der Waals surface area contributed by atoms with Crippen LogP contribution < -0.4 is 30.8 Å². The number of rotatable bonds is 34. The van der Waals surface area contributed by atoms with E-state index in [0.717, 1.165) is 59.0 Å². The fourth-order valence-electron chi connectivity index (χ4n) is 12.8. The van der Waals surface area contributed by atoms with E-state index in [1.165, 1.54) is 84.9 Å². The van der Waals surface area contributed by atoms with Crippen molar-refractivity contribution in [1.29, 1.82) is 0 Å². The summed E-state index contributed by atoms with van der Waals surface area (Å²) < 4.78 is 227. The summed E-state index contributed by atoms with van der Waals surface area (Å²) in [5, 5.41) is 47.9. The maximum absolute atomic E-state index is 16.4. The summed E-state index contributed by atoms with van der Waals surface area (Å²) in [6.07, 6.45) is -22.9. The third-order valence-corrected chi connectivity index (χ3v) is 32.9. The minimum absolute atomic E-state index is 0.0415. The van der Waals surface area contributed by atoms with E-state index >= 15 is 9.13 Å². The number of hydrogen-bond acceptors (Lipinski definition) is 42. The molecule has 0 radical (unpaired) electrons. The lowest BCUT2D eigenvalue weighted by atomic mass is 10.1. The van der Waals surface area contributed by atoms with E-state index in [4.69, 9.17) is 92.1 Å². The predicted octanol–water partition coefficient (Wildman–Crippen LogP) is 8.94. The van der Waals surface area contributed by atoms with E-state index in [1.54, 1.807) is 6.07 Å². The van der Waals surface area contributed by atoms with Gasteiger partial charge in [0.25, 0.3) is 0 Å². The van der Waals surface area contributed by atoms with Crippen LogP contribution in [0, 0.1) is 3.57 Å². The maximum atomic E-state index is 16.4. The number of fused-ring (bicyclic) bond motifs is 6. The van der Waals surface area contributed by atoms with E-state index in [2.05, 4.69) is 73.7 Å². The number of hydrogen-bond donors (Lipinski definition) is 14. The number of halogens is 3. The van der Waals surface area contributed by atoms with Gasteiger partial charge in [0.2, 0.25) is 0 Å². The van der Waals surface area contributed by atoms with Crippen molar-refractivity contribution in [3.05, 3.63) is 160 Å². The molecule has 52 nitrogen and oxygen atoms in total. The fourth-order valence-corrected chi connectivity index (χ4v) is 25.9. The molecule has 0 aliphatic carbocycles. The van der Waals surface area contributed by atoms with Gasteiger partial charge in [0.1, 0.15) is 108 Å². The summed E-state index contributed by atoms with van der Waals surface area (Å²) in [7, 11) is -59.2. The molecule has 6 aromatic carbocycles. The van der Waals surface area contributed by atoms with Gasteiger partial charge in [0.15, 0.2) is 53.1 Å². The Morgan fingerprint density at radius 2 is 0.766 bits per heavy atom. The predicted molar refractivity (Wildman–Crippen MR) is 432 cm³/mol. The Balaban J connectivity index is 0.836. The van der Waals surface area contributed by atoms with Crippen LogP contribution in [0.5, 0.6) is 17.2 Å². The number of ether oxygens (including phenoxy) is 3. The summed E-state index contributed by atoms with van der Waals surface area (Å²) >= 11 is 11.3. The normalized spacial score (nSPS) is 25.7. The first-order valence-corrected chi connectivity index (χ1v) is 50.1. The Bertz CT molecular complexity index is 6640. The van der Waals surface area contributed by atoms with Crippen LogP contribution in [0.1, 0.15) is 18.7 Å². The van der Waals surface area contributed by atoms with Crippen molar-refractivity contribution in [2.24, 2.45) is 0 Å². The van der Waals surface area contributed by atoms with Crippen LogP contribution in [-0.2, 0) is 104 Å². The Morgan fingerprint density at radius 3 is 1.21 bits per heavy atom. The van der Waals surface area contributed by atoms with Crippen molar-refractivity contribution < 1.29 is 172 Å². The molecule has 17 N–H and O–H groups in total. The SMILES string of the molecule is Nc1ncnc2c1ncn2[C@@H]1O[C@H](COP(=O)(O[C@@H]2[C@H](OP(=O)(OC[C@H]3O[C@@H](n4cnc5c(N)ncnc54)[C@H](O)[C@@H]3O)OP(=O)(O)OP(=O)(O)Oc3cccc4cc(Br)ccc34)[C@@H](COP(=O)(O)OP(=O)(O)OP(=O)(O)Oc3cccc4cc(Cl)ccc34)O[C@H]2n2cnc3c(N)ncnc32)OP(=O)(O)OP(=O)(O)Oc2cccc3cc(I)ccc23)[C@@H](O)[C@H]1O. The molecule has 3 aliphatic rings. The molecule has 0 spiro atoms. The van der Waals surface area contributed by atoms with Crippen molar-refractivity contribution >= 4 is 204 Å². The number of imidazole rings is 3. The molecule has 9 unspecified atom stereocenters. The van der Waals surface area contributed by atoms with Crippen molar-refractivity contribution in [1.82, 2.24) is 58.6 Å². The van der Waals surface area contributed by atoms with Crippen LogP contribution in [-0.4, -0.2) is 188 Å². The summed E-state index contributed by atoms with van der Waals surface area (Å²) in [5.41, 5.74) is 16.8. The Hall–Kier alpha value is -6.88. The minimum Gasteiger partial charge on any atom is -0.403 e. The van der Waals surface area contributed by atoms with Crippen LogP contribution in [0.3, 0.4) is 0 Å². The van der Waals surface area contributed by atoms with E-state index in [9.17, 15) is 86.6 Å². The molecule has 662 valence electrons. The van der Waals surface area contributed by atoms with E-state index in [-0.39, 0.29) is 60.5 Å². The summed E-state index contributed by atoms with van der Waals surface area (Å²) in [6, 6.07) is 24.5. The third kappa shape index (κ3) is 20.5. The summed E-state index contributed by atoms with van der Waals surface area (Å²) in [6.45, 7) is -5.14. The first-order valence-electron chi connectivity index (χ1n) is 34.5. The van der Waals surface area contributed by atoms with E-state index in [1.807, 2.05) is 22.6 Å². The lowest BCUT2D eigenvalue weighted by Gasteiger charge is -2.31. The lowest BCUT2D eigenvalue weighted by Crippen LogP contribution is -2.38. The highest BCUT2D eigenvalue weighted by molar-refractivity contribution is 14.1. The summed E-state index contributed by atoms with van der Waals surface area (Å²) in [5.74, 6) is -2.44. The molecule has 21 atom stereocenters. The average molecular weight is 2100 g/mol. The molecular formula is C60H59BrClIN15O37P9. The highest BCUT2D eigenvalue weighted by atomic mass is 127. The van der Waals surface area contributed by atoms with Crippen LogP contribution in [0.2, 0.25) is 5.02 Å². The molecule has 64 heteroatoms. The Morgan fingerprint density at radius 1 is 0.403 bits per heavy atom. The number of aromatic nitrogens is 12. The fraction of sp³-hybridized carbons (Fsp3) is 0.250. The molecule has 9 heterocycles. The number of phosphoric acid groups is 9. The molecule has 0 saturated carbocycles. The Labute approximate surface area is 718 Å². The van der Waals surface area contributed by atoms with Crippen LogP contribution >= 0.6 is 121 Å². The number of anilines is 3. The highest BCUT2D eigenvalue weighted by Gasteiger charge is 2.60. The van der Waals surface area contributed by atoms with Crippen LogP contribution in [0.4, 0.5) is 17.5 Å². The zero-order valence-corrected chi connectivity index (χ0v) is 73.7. The molecule has 3 fully saturated rings. The molecular weight excluding hydrogens is 2040 g/mol. The number of benzene rings is 6. The van der Waals surface area contributed by atoms with Gasteiger partial charge in [-0.15, -0.1) is 0 Å². The number of aliphatic hydroxyl groups is 4. The minimum atomic E-state index is -6.91. The van der Waals surface area contributed by atoms with Gasteiger partial charge in [-0.25, -0.2) is 85.9 Å². The maximum Gasteiger partial charge on any atom is 0.536 e. The average Bonchev–Trinajstić information content (AvgIpc) is 1.59. The lowest BCUT2D eigenvalue weighted by molar-refractivity contribution is -0.0613. The van der Waals surface area contributed by atoms with E-state index < -0.39 is 198 Å². The number of nitrogen functional groups attached to an aromatic ring is 3. The molecule has 124 heavy (non-hydrogen) atoms. The van der Waals surface area contributed by atoms with Crippen molar-refractivity contribution in [3.8, 4) is 17.2 Å². The molecule has 0 bridgehead atoms. The Kier molecular flexibility index (Phi) is 26.3. The van der Waals surface area contributed by atoms with Gasteiger partial charge in [-0.2, -0.15) is 25.9 Å². The number of aliphatic hydroxyl groups excluding tert-OH is 4. The molecule has 6 aromatic heterocycles. The number of nitrogens with two attached hydrogens (primary N) is 3. The van der Waals surface area contributed by atoms with Gasteiger partial charge < -0.3 is 85.0 Å². The van der Waals surface area contributed by atoms with Crippen LogP contribution in [0.15, 0.2) is 152 Å². The van der Waals surface area contributed by atoms with Gasteiger partial charge in [0.05, 0.1) is 38.8 Å². The largest absolute Gasteiger partial charge is 0.536 e.